The van der Waals surface area contributed by atoms with E-state index in [4.69, 9.17) is 0 Å². The van der Waals surface area contributed by atoms with Crippen LogP contribution >= 0.6 is 23.1 Å². The van der Waals surface area contributed by atoms with Crippen molar-refractivity contribution in [2.45, 2.75) is 24.8 Å². The molecule has 0 saturated heterocycles. The van der Waals surface area contributed by atoms with Crippen LogP contribution in [0.1, 0.15) is 25.6 Å². The normalized spacial score (nSPS) is 16.2. The first-order chi connectivity index (χ1) is 13.4. The number of nitrogens with zero attached hydrogens (tertiary/aromatic N) is 3. The lowest BCUT2D eigenvalue weighted by Crippen LogP contribution is -2.36. The number of rotatable bonds is 2. The van der Waals surface area contributed by atoms with E-state index in [9.17, 15) is 9.18 Å². The number of fused-ring (bicyclic) bond motifs is 1. The van der Waals surface area contributed by atoms with E-state index in [0.29, 0.717) is 0 Å². The molecule has 7 heteroatoms. The Morgan fingerprint density at radius 3 is 2.61 bits per heavy atom. The largest absolute Gasteiger partial charge is 0.337 e. The number of anilines is 1. The fourth-order valence-electron chi connectivity index (χ4n) is 3.29. The maximum absolute atomic E-state index is 13.4. The molecule has 1 aromatic carbocycles. The first kappa shape index (κ1) is 19.0. The zero-order valence-corrected chi connectivity index (χ0v) is 17.8. The van der Waals surface area contributed by atoms with Crippen LogP contribution in [0.5, 0.6) is 0 Å². The van der Waals surface area contributed by atoms with Gasteiger partial charge < -0.3 is 4.90 Å². The molecule has 0 radical (unpaired) electrons. The quantitative estimate of drug-likeness (QED) is 0.604. The Balaban J connectivity index is 1.97. The second kappa shape index (κ2) is 7.22. The van der Waals surface area contributed by atoms with Gasteiger partial charge in [-0.25, -0.2) is 4.39 Å². The van der Waals surface area contributed by atoms with Crippen molar-refractivity contribution in [1.29, 1.82) is 0 Å². The van der Waals surface area contributed by atoms with Crippen LogP contribution in [0.4, 0.5) is 10.1 Å². The molecule has 0 bridgehead atoms. The van der Waals surface area contributed by atoms with Gasteiger partial charge in [0.15, 0.2) is 5.82 Å². The minimum Gasteiger partial charge on any atom is -0.337 e. The molecule has 0 spiro atoms. The van der Waals surface area contributed by atoms with Crippen molar-refractivity contribution in [1.82, 2.24) is 4.57 Å². The summed E-state index contributed by atoms with van der Waals surface area (Å²) in [6.07, 6.45) is 3.38. The highest BCUT2D eigenvalue weighted by Gasteiger charge is 2.24. The van der Waals surface area contributed by atoms with E-state index in [2.05, 4.69) is 17.0 Å². The highest BCUT2D eigenvalue weighted by molar-refractivity contribution is 8.08. The van der Waals surface area contributed by atoms with Crippen molar-refractivity contribution in [2.24, 2.45) is 7.05 Å². The van der Waals surface area contributed by atoms with Crippen LogP contribution in [0.2, 0.25) is 0 Å². The lowest BCUT2D eigenvalue weighted by molar-refractivity contribution is -0.674. The van der Waals surface area contributed by atoms with Crippen molar-refractivity contribution in [3.63, 3.8) is 0 Å². The summed E-state index contributed by atoms with van der Waals surface area (Å²) < 4.78 is 18.6. The van der Waals surface area contributed by atoms with E-state index in [1.807, 2.05) is 43.7 Å². The molecule has 144 valence electrons. The molecule has 0 unspecified atom stereocenters. The Labute approximate surface area is 170 Å². The maximum Gasteiger partial charge on any atom is 0.271 e. The standard InChI is InChI=1S/C21H21FN3OS2/c1-13(2)25-18(11-15-10-9-14(22)12-23(15)3)28-19(20(25)26)21-24(4)16-7-5-6-8-17(16)27-21/h5-13H,1-4H3/q+1. The molecule has 4 rings (SSSR count). The number of thiazole rings is 1. The maximum atomic E-state index is 13.4. The predicted molar refractivity (Wildman–Crippen MR) is 113 cm³/mol. The molecule has 3 heterocycles. The van der Waals surface area contributed by atoms with Crippen LogP contribution in [0, 0.1) is 5.82 Å². The summed E-state index contributed by atoms with van der Waals surface area (Å²) in [6.45, 7) is 4.01. The van der Waals surface area contributed by atoms with Gasteiger partial charge in [-0.05, 0) is 32.0 Å². The van der Waals surface area contributed by atoms with Crippen LogP contribution < -0.4 is 24.2 Å². The Morgan fingerprint density at radius 1 is 1.18 bits per heavy atom. The van der Waals surface area contributed by atoms with Crippen molar-refractivity contribution < 1.29 is 8.96 Å². The molecule has 1 aliphatic rings. The zero-order valence-electron chi connectivity index (χ0n) is 16.1. The summed E-state index contributed by atoms with van der Waals surface area (Å²) in [5.74, 6) is -0.287. The lowest BCUT2D eigenvalue weighted by atomic mass is 10.3. The number of halogens is 1. The van der Waals surface area contributed by atoms with Crippen molar-refractivity contribution in [3.8, 4) is 0 Å². The second-order valence-corrected chi connectivity index (χ2v) is 9.06. The molecule has 2 aromatic heterocycles. The molecule has 0 fully saturated rings. The third-order valence-corrected chi connectivity index (χ3v) is 7.18. The predicted octanol–water partition coefficient (Wildman–Crippen LogP) is 2.59. The molecule has 28 heavy (non-hydrogen) atoms. The van der Waals surface area contributed by atoms with Crippen molar-refractivity contribution in [3.05, 3.63) is 73.7 Å². The molecular weight excluding hydrogens is 393 g/mol. The molecule has 4 nitrogen and oxygen atoms in total. The van der Waals surface area contributed by atoms with Gasteiger partial charge >= 0.3 is 0 Å². The number of hydrogen-bond acceptors (Lipinski definition) is 4. The second-order valence-electron chi connectivity index (χ2n) is 7.00. The Morgan fingerprint density at radius 2 is 1.93 bits per heavy atom. The Bertz CT molecular complexity index is 1240. The summed E-state index contributed by atoms with van der Waals surface area (Å²) in [5.41, 5.74) is 1.96. The summed E-state index contributed by atoms with van der Waals surface area (Å²) in [4.78, 5) is 16.5. The average molecular weight is 415 g/mol. The van der Waals surface area contributed by atoms with Crippen molar-refractivity contribution in [2.75, 3.05) is 11.9 Å². The van der Waals surface area contributed by atoms with Gasteiger partial charge in [0.05, 0.1) is 5.69 Å². The highest BCUT2D eigenvalue weighted by atomic mass is 32.2. The topological polar surface area (TPSA) is 29.1 Å². The average Bonchev–Trinajstić information content (AvgIpc) is 3.15. The highest BCUT2D eigenvalue weighted by Crippen LogP contribution is 2.44. The molecule has 0 atom stereocenters. The van der Waals surface area contributed by atoms with Crippen LogP contribution in [-0.4, -0.2) is 11.6 Å². The molecule has 0 amide bonds. The number of hydrogen-bond donors (Lipinski definition) is 0. The lowest BCUT2D eigenvalue weighted by Gasteiger charge is -2.12. The van der Waals surface area contributed by atoms with Gasteiger partial charge in [0.1, 0.15) is 21.3 Å². The first-order valence-electron chi connectivity index (χ1n) is 9.00. The number of para-hydroxylation sites is 1. The summed E-state index contributed by atoms with van der Waals surface area (Å²) >= 11 is 3.11. The number of thioether (sulfide) groups is 1. The third kappa shape index (κ3) is 3.18. The van der Waals surface area contributed by atoms with E-state index >= 15 is 0 Å². The van der Waals surface area contributed by atoms with Crippen LogP contribution in [-0.2, 0) is 7.05 Å². The van der Waals surface area contributed by atoms with Gasteiger partial charge in [0.25, 0.3) is 5.56 Å². The fraction of sp³-hybridized carbons (Fsp3) is 0.238. The van der Waals surface area contributed by atoms with Crippen LogP contribution in [0.25, 0.3) is 11.1 Å². The van der Waals surface area contributed by atoms with Crippen LogP contribution in [0.3, 0.4) is 0 Å². The molecule has 0 saturated carbocycles. The van der Waals surface area contributed by atoms with E-state index in [-0.39, 0.29) is 17.4 Å². The molecule has 3 aromatic rings. The third-order valence-electron chi connectivity index (χ3n) is 4.71. The van der Waals surface area contributed by atoms with E-state index in [0.717, 1.165) is 30.5 Å². The zero-order chi connectivity index (χ0) is 20.0. The van der Waals surface area contributed by atoms with E-state index in [1.54, 1.807) is 29.4 Å². The molecular formula is C21H21FN3OS2+. The minimum atomic E-state index is -0.287. The van der Waals surface area contributed by atoms with Gasteiger partial charge in [-0.2, -0.15) is 4.57 Å². The number of pyridine rings is 1. The number of aryl methyl sites for hydroxylation is 1. The van der Waals surface area contributed by atoms with Gasteiger partial charge in [0.2, 0.25) is 11.9 Å². The summed E-state index contributed by atoms with van der Waals surface area (Å²) in [5, 5.41) is 0.953. The van der Waals surface area contributed by atoms with Gasteiger partial charge in [-0.1, -0.05) is 23.9 Å². The number of aromatic nitrogens is 2. The Hall–Kier alpha value is -2.38. The Kier molecular flexibility index (Phi) is 4.89. The summed E-state index contributed by atoms with van der Waals surface area (Å²) in [6, 6.07) is 11.3. The van der Waals surface area contributed by atoms with Crippen LogP contribution in [0.15, 0.2) is 52.3 Å². The monoisotopic (exact) mass is 414 g/mol. The van der Waals surface area contributed by atoms with E-state index < -0.39 is 0 Å². The minimum absolute atomic E-state index is 0.0122. The number of benzene rings is 1. The smallest absolute Gasteiger partial charge is 0.271 e. The SMILES string of the molecule is CC(C)n1c(=Cc2ccc(F)c[n+]2C)sc(=C2Sc3ccccc3N2C)c1=O. The summed E-state index contributed by atoms with van der Waals surface area (Å²) in [7, 11) is 3.80. The molecule has 0 aliphatic carbocycles. The molecule has 0 N–H and O–H groups in total. The van der Waals surface area contributed by atoms with Gasteiger partial charge in [-0.15, -0.1) is 11.3 Å². The molecule has 1 aliphatic heterocycles. The van der Waals surface area contributed by atoms with Crippen molar-refractivity contribution >= 4 is 39.9 Å². The fourth-order valence-corrected chi connectivity index (χ4v) is 5.81. The van der Waals surface area contributed by atoms with Gasteiger partial charge in [0, 0.05) is 30.1 Å². The van der Waals surface area contributed by atoms with Gasteiger partial charge in [-0.3, -0.25) is 9.36 Å². The first-order valence-corrected chi connectivity index (χ1v) is 10.6. The van der Waals surface area contributed by atoms with E-state index in [1.165, 1.54) is 23.6 Å².